The highest BCUT2D eigenvalue weighted by atomic mass is 32.2. The molecule has 2 nitrogen and oxygen atoms in total. The van der Waals surface area contributed by atoms with E-state index >= 15 is 0 Å². The molecule has 88 valence electrons. The van der Waals surface area contributed by atoms with Crippen LogP contribution >= 0.6 is 11.8 Å². The second kappa shape index (κ2) is 4.64. The second-order valence-corrected chi connectivity index (χ2v) is 6.37. The van der Waals surface area contributed by atoms with E-state index in [2.05, 4.69) is 0 Å². The number of rotatable bonds is 2. The lowest BCUT2D eigenvalue weighted by atomic mass is 9.62. The zero-order valence-electron chi connectivity index (χ0n) is 9.37. The van der Waals surface area contributed by atoms with Crippen LogP contribution in [0, 0.1) is 5.41 Å². The normalized spacial score (nSPS) is 30.0. The van der Waals surface area contributed by atoms with Crippen LogP contribution < -0.4 is 0 Å². The van der Waals surface area contributed by atoms with Gasteiger partial charge in [-0.25, -0.2) is 0 Å². The van der Waals surface area contributed by atoms with E-state index < -0.39 is 5.60 Å². The molecule has 3 heteroatoms. The Balaban J connectivity index is 2.15. The number of aliphatic hydroxyl groups excluding tert-OH is 1. The summed E-state index contributed by atoms with van der Waals surface area (Å²) in [5, 5.41) is 20.5. The van der Waals surface area contributed by atoms with Gasteiger partial charge in [-0.15, -0.1) is 0 Å². The van der Waals surface area contributed by atoms with Crippen LogP contribution in [0.4, 0.5) is 0 Å². The molecule has 0 aromatic heterocycles. The van der Waals surface area contributed by atoms with Gasteiger partial charge in [-0.2, -0.15) is 11.8 Å². The molecule has 1 heterocycles. The van der Waals surface area contributed by atoms with Gasteiger partial charge in [0.25, 0.3) is 0 Å². The van der Waals surface area contributed by atoms with Crippen molar-refractivity contribution >= 4 is 11.8 Å². The highest BCUT2D eigenvalue weighted by molar-refractivity contribution is 7.99. The van der Waals surface area contributed by atoms with E-state index in [9.17, 15) is 10.2 Å². The van der Waals surface area contributed by atoms with E-state index in [1.54, 1.807) is 0 Å². The lowest BCUT2D eigenvalue weighted by Gasteiger charge is -2.50. The number of hydrogen-bond acceptors (Lipinski definition) is 3. The highest BCUT2D eigenvalue weighted by Crippen LogP contribution is 2.49. The molecule has 2 rings (SSSR count). The zero-order valence-corrected chi connectivity index (χ0v) is 10.2. The topological polar surface area (TPSA) is 40.5 Å². The summed E-state index contributed by atoms with van der Waals surface area (Å²) in [4.78, 5) is 0. The average Bonchev–Trinajstić information content (AvgIpc) is 2.31. The maximum absolute atomic E-state index is 10.8. The molecule has 0 spiro atoms. The third kappa shape index (κ3) is 2.06. The van der Waals surface area contributed by atoms with Crippen molar-refractivity contribution in [3.05, 3.63) is 0 Å². The van der Waals surface area contributed by atoms with Gasteiger partial charge in [0.05, 0.1) is 12.2 Å². The van der Waals surface area contributed by atoms with Gasteiger partial charge in [-0.3, -0.25) is 0 Å². The summed E-state index contributed by atoms with van der Waals surface area (Å²) in [6.07, 6.45) is 7.29. The Morgan fingerprint density at radius 1 is 0.933 bits per heavy atom. The van der Waals surface area contributed by atoms with Crippen molar-refractivity contribution in [3.8, 4) is 0 Å². The summed E-state index contributed by atoms with van der Waals surface area (Å²) in [5.41, 5.74) is -0.750. The molecule has 1 saturated carbocycles. The molecular weight excluding hydrogens is 208 g/mol. The van der Waals surface area contributed by atoms with Crippen LogP contribution in [0.1, 0.15) is 44.9 Å². The third-order valence-electron chi connectivity index (χ3n) is 4.42. The molecule has 2 N–H and O–H groups in total. The van der Waals surface area contributed by atoms with Gasteiger partial charge < -0.3 is 10.2 Å². The highest BCUT2D eigenvalue weighted by Gasteiger charge is 2.50. The molecule has 0 aromatic rings. The monoisotopic (exact) mass is 230 g/mol. The minimum absolute atomic E-state index is 0.171. The summed E-state index contributed by atoms with van der Waals surface area (Å²) < 4.78 is 0. The number of thioether (sulfide) groups is 1. The maximum atomic E-state index is 10.8. The maximum Gasteiger partial charge on any atom is 0.0726 e. The van der Waals surface area contributed by atoms with E-state index in [-0.39, 0.29) is 12.0 Å². The molecule has 15 heavy (non-hydrogen) atoms. The van der Waals surface area contributed by atoms with Crippen molar-refractivity contribution in [2.45, 2.75) is 50.5 Å². The van der Waals surface area contributed by atoms with Crippen LogP contribution in [0.15, 0.2) is 0 Å². The Morgan fingerprint density at radius 3 is 2.07 bits per heavy atom. The molecule has 0 bridgehead atoms. The molecule has 1 saturated heterocycles. The van der Waals surface area contributed by atoms with Crippen molar-refractivity contribution in [1.29, 1.82) is 0 Å². The molecule has 0 unspecified atom stereocenters. The van der Waals surface area contributed by atoms with Crippen LogP contribution in [0.3, 0.4) is 0 Å². The fourth-order valence-electron chi connectivity index (χ4n) is 3.20. The van der Waals surface area contributed by atoms with Gasteiger partial charge in [-0.1, -0.05) is 19.3 Å². The van der Waals surface area contributed by atoms with Gasteiger partial charge in [0, 0.05) is 5.41 Å². The SMILES string of the molecule is OCC1(C2(O)CCCCC2)CCSCC1. The summed E-state index contributed by atoms with van der Waals surface area (Å²) >= 11 is 1.95. The largest absolute Gasteiger partial charge is 0.396 e. The predicted molar refractivity (Wildman–Crippen MR) is 64.1 cm³/mol. The first-order valence-electron chi connectivity index (χ1n) is 6.13. The summed E-state index contributed by atoms with van der Waals surface area (Å²) in [6, 6.07) is 0. The second-order valence-electron chi connectivity index (χ2n) is 5.14. The summed E-state index contributed by atoms with van der Waals surface area (Å²) in [7, 11) is 0. The standard InChI is InChI=1S/C12H22O2S/c13-10-11(6-8-15-9-7-11)12(14)4-2-1-3-5-12/h13-14H,1-10H2. The first-order chi connectivity index (χ1) is 7.22. The molecule has 1 aliphatic carbocycles. The average molecular weight is 230 g/mol. The Morgan fingerprint density at radius 2 is 1.53 bits per heavy atom. The van der Waals surface area contributed by atoms with Crippen LogP contribution in [0.2, 0.25) is 0 Å². The number of aliphatic hydroxyl groups is 2. The molecule has 0 radical (unpaired) electrons. The van der Waals surface area contributed by atoms with Crippen molar-refractivity contribution in [3.63, 3.8) is 0 Å². The van der Waals surface area contributed by atoms with E-state index in [1.807, 2.05) is 11.8 Å². The predicted octanol–water partition coefficient (Wildman–Crippen LogP) is 2.19. The van der Waals surface area contributed by atoms with Crippen LogP contribution in [-0.2, 0) is 0 Å². The minimum atomic E-state index is -0.568. The van der Waals surface area contributed by atoms with E-state index in [0.29, 0.717) is 0 Å². The zero-order chi connectivity index (χ0) is 10.8. The molecule has 0 amide bonds. The quantitative estimate of drug-likeness (QED) is 0.764. The Labute approximate surface area is 96.5 Å². The van der Waals surface area contributed by atoms with Crippen LogP contribution in [0.5, 0.6) is 0 Å². The smallest absolute Gasteiger partial charge is 0.0726 e. The summed E-state index contributed by atoms with van der Waals surface area (Å²) in [5.74, 6) is 2.20. The molecule has 1 aliphatic heterocycles. The van der Waals surface area contributed by atoms with Gasteiger partial charge in [-0.05, 0) is 37.2 Å². The van der Waals surface area contributed by atoms with Gasteiger partial charge >= 0.3 is 0 Å². The van der Waals surface area contributed by atoms with E-state index in [0.717, 1.165) is 50.0 Å². The molecular formula is C12H22O2S. The third-order valence-corrected chi connectivity index (χ3v) is 5.41. The van der Waals surface area contributed by atoms with E-state index in [1.165, 1.54) is 6.42 Å². The van der Waals surface area contributed by atoms with Crippen molar-refractivity contribution in [1.82, 2.24) is 0 Å². The molecule has 2 fully saturated rings. The molecule has 0 atom stereocenters. The van der Waals surface area contributed by atoms with E-state index in [4.69, 9.17) is 0 Å². The van der Waals surface area contributed by atoms with Crippen molar-refractivity contribution < 1.29 is 10.2 Å². The van der Waals surface area contributed by atoms with Crippen LogP contribution in [-0.4, -0.2) is 33.9 Å². The lowest BCUT2D eigenvalue weighted by molar-refractivity contribution is -0.134. The number of hydrogen-bond donors (Lipinski definition) is 2. The Kier molecular flexibility index (Phi) is 3.63. The first-order valence-corrected chi connectivity index (χ1v) is 7.29. The molecule has 0 aromatic carbocycles. The first kappa shape index (κ1) is 11.7. The summed E-state index contributed by atoms with van der Waals surface area (Å²) in [6.45, 7) is 0.171. The van der Waals surface area contributed by atoms with Crippen molar-refractivity contribution in [2.75, 3.05) is 18.1 Å². The van der Waals surface area contributed by atoms with Crippen molar-refractivity contribution in [2.24, 2.45) is 5.41 Å². The van der Waals surface area contributed by atoms with Gasteiger partial charge in [0.1, 0.15) is 0 Å². The fraction of sp³-hybridized carbons (Fsp3) is 1.00. The lowest BCUT2D eigenvalue weighted by Crippen LogP contribution is -2.53. The van der Waals surface area contributed by atoms with Crippen LogP contribution in [0.25, 0.3) is 0 Å². The fourth-order valence-corrected chi connectivity index (χ4v) is 4.47. The molecule has 2 aliphatic rings. The Bertz CT molecular complexity index is 206. The van der Waals surface area contributed by atoms with Gasteiger partial charge in [0.2, 0.25) is 0 Å². The minimum Gasteiger partial charge on any atom is -0.396 e. The van der Waals surface area contributed by atoms with Gasteiger partial charge in [0.15, 0.2) is 0 Å². The Hall–Kier alpha value is 0.270.